The van der Waals surface area contributed by atoms with Gasteiger partial charge < -0.3 is 10.4 Å². The average molecular weight is 277 g/mol. The summed E-state index contributed by atoms with van der Waals surface area (Å²) in [5.74, 6) is -1.67. The molecule has 0 aliphatic rings. The smallest absolute Gasteiger partial charge is 0.251 e. The van der Waals surface area contributed by atoms with Gasteiger partial charge in [-0.05, 0) is 36.8 Å². The summed E-state index contributed by atoms with van der Waals surface area (Å²) >= 11 is 0. The van der Waals surface area contributed by atoms with Gasteiger partial charge in [-0.15, -0.1) is 0 Å². The van der Waals surface area contributed by atoms with Gasteiger partial charge in [0.15, 0.2) is 0 Å². The van der Waals surface area contributed by atoms with E-state index in [0.29, 0.717) is 11.1 Å². The zero-order valence-electron chi connectivity index (χ0n) is 10.8. The molecule has 0 radical (unpaired) electrons. The van der Waals surface area contributed by atoms with Crippen molar-refractivity contribution in [2.24, 2.45) is 0 Å². The van der Waals surface area contributed by atoms with Gasteiger partial charge in [-0.1, -0.05) is 6.07 Å². The predicted molar refractivity (Wildman–Crippen MR) is 70.4 cm³/mol. The van der Waals surface area contributed by atoms with Crippen molar-refractivity contribution < 1.29 is 18.7 Å². The molecule has 2 aromatic carbocycles. The van der Waals surface area contributed by atoms with Crippen LogP contribution in [0.25, 0.3) is 0 Å². The molecule has 0 bridgehead atoms. The van der Waals surface area contributed by atoms with Crippen LogP contribution in [0.5, 0.6) is 5.75 Å². The topological polar surface area (TPSA) is 49.3 Å². The van der Waals surface area contributed by atoms with Crippen LogP contribution in [0.1, 0.15) is 21.5 Å². The zero-order valence-corrected chi connectivity index (χ0v) is 10.8. The lowest BCUT2D eigenvalue weighted by Crippen LogP contribution is -2.24. The molecule has 104 valence electrons. The van der Waals surface area contributed by atoms with Crippen LogP contribution in [0.2, 0.25) is 0 Å². The molecule has 0 unspecified atom stereocenters. The van der Waals surface area contributed by atoms with Crippen LogP contribution in [-0.2, 0) is 6.54 Å². The van der Waals surface area contributed by atoms with Crippen molar-refractivity contribution >= 4 is 5.91 Å². The second-order valence-electron chi connectivity index (χ2n) is 4.42. The van der Waals surface area contributed by atoms with Gasteiger partial charge in [0.05, 0.1) is 0 Å². The summed E-state index contributed by atoms with van der Waals surface area (Å²) in [6, 6.07) is 7.55. The first-order chi connectivity index (χ1) is 9.47. The normalized spacial score (nSPS) is 10.3. The summed E-state index contributed by atoms with van der Waals surface area (Å²) in [7, 11) is 0. The van der Waals surface area contributed by atoms with Crippen LogP contribution in [0.3, 0.4) is 0 Å². The highest BCUT2D eigenvalue weighted by Gasteiger charge is 2.10. The fourth-order valence-electron chi connectivity index (χ4n) is 1.84. The number of aryl methyl sites for hydroxylation is 1. The van der Waals surface area contributed by atoms with Gasteiger partial charge in [-0.25, -0.2) is 8.78 Å². The number of rotatable bonds is 3. The lowest BCUT2D eigenvalue weighted by atomic mass is 10.1. The maximum absolute atomic E-state index is 13.4. The van der Waals surface area contributed by atoms with Crippen molar-refractivity contribution in [1.82, 2.24) is 5.32 Å². The maximum atomic E-state index is 13.4. The minimum Gasteiger partial charge on any atom is -0.508 e. The molecule has 2 N–H and O–H groups in total. The van der Waals surface area contributed by atoms with Crippen LogP contribution in [0.15, 0.2) is 36.4 Å². The number of phenolic OH excluding ortho intramolecular Hbond substituents is 1. The zero-order chi connectivity index (χ0) is 14.7. The monoisotopic (exact) mass is 277 g/mol. The van der Waals surface area contributed by atoms with Gasteiger partial charge in [-0.2, -0.15) is 0 Å². The minimum absolute atomic E-state index is 0.0364. The summed E-state index contributed by atoms with van der Waals surface area (Å²) < 4.78 is 26.2. The molecule has 2 rings (SSSR count). The number of hydrogen-bond acceptors (Lipinski definition) is 2. The van der Waals surface area contributed by atoms with Crippen molar-refractivity contribution in [2.45, 2.75) is 13.5 Å². The molecular weight excluding hydrogens is 264 g/mol. The fraction of sp³-hybridized carbons (Fsp3) is 0.133. The number of carbonyl (C=O) groups excluding carboxylic acids is 1. The average Bonchev–Trinajstić information content (AvgIpc) is 2.37. The van der Waals surface area contributed by atoms with Crippen molar-refractivity contribution in [2.75, 3.05) is 0 Å². The largest absolute Gasteiger partial charge is 0.508 e. The van der Waals surface area contributed by atoms with Crippen LogP contribution in [-0.4, -0.2) is 11.0 Å². The van der Waals surface area contributed by atoms with E-state index in [0.717, 1.165) is 12.1 Å². The number of amides is 1. The molecule has 3 nitrogen and oxygen atoms in total. The molecule has 0 fully saturated rings. The first-order valence-electron chi connectivity index (χ1n) is 5.99. The Morgan fingerprint density at radius 2 is 1.95 bits per heavy atom. The number of hydrogen-bond donors (Lipinski definition) is 2. The molecule has 0 aliphatic heterocycles. The summed E-state index contributed by atoms with van der Waals surface area (Å²) in [6.45, 7) is 1.65. The van der Waals surface area contributed by atoms with Crippen LogP contribution < -0.4 is 5.32 Å². The van der Waals surface area contributed by atoms with Gasteiger partial charge in [0.1, 0.15) is 17.4 Å². The number of nitrogens with one attached hydrogen (secondary N) is 1. The molecule has 0 saturated heterocycles. The van der Waals surface area contributed by atoms with Crippen molar-refractivity contribution in [3.8, 4) is 5.75 Å². The lowest BCUT2D eigenvalue weighted by Gasteiger charge is -2.09. The third-order valence-electron chi connectivity index (χ3n) is 2.91. The van der Waals surface area contributed by atoms with E-state index in [1.807, 2.05) is 0 Å². The molecule has 0 spiro atoms. The van der Waals surface area contributed by atoms with Crippen molar-refractivity contribution in [1.29, 1.82) is 0 Å². The van der Waals surface area contributed by atoms with Crippen molar-refractivity contribution in [3.05, 3.63) is 64.7 Å². The van der Waals surface area contributed by atoms with Crippen LogP contribution >= 0.6 is 0 Å². The maximum Gasteiger partial charge on any atom is 0.251 e. The number of aromatic hydroxyl groups is 1. The second-order valence-corrected chi connectivity index (χ2v) is 4.42. The quantitative estimate of drug-likeness (QED) is 0.906. The SMILES string of the molecule is Cc1cc(O)ccc1C(=O)NCc1ccc(F)cc1F. The van der Waals surface area contributed by atoms with Gasteiger partial charge in [0, 0.05) is 23.7 Å². The van der Waals surface area contributed by atoms with Crippen LogP contribution in [0.4, 0.5) is 8.78 Å². The second kappa shape index (κ2) is 5.69. The summed E-state index contributed by atoms with van der Waals surface area (Å²) in [5, 5.41) is 11.8. The van der Waals surface area contributed by atoms with E-state index in [4.69, 9.17) is 0 Å². The number of phenols is 1. The van der Waals surface area contributed by atoms with E-state index < -0.39 is 11.6 Å². The number of benzene rings is 2. The van der Waals surface area contributed by atoms with E-state index in [1.54, 1.807) is 6.92 Å². The van der Waals surface area contributed by atoms with Gasteiger partial charge in [-0.3, -0.25) is 4.79 Å². The summed E-state index contributed by atoms with van der Waals surface area (Å²) in [6.07, 6.45) is 0. The Morgan fingerprint density at radius 1 is 1.20 bits per heavy atom. The highest BCUT2D eigenvalue weighted by Crippen LogP contribution is 2.16. The Kier molecular flexibility index (Phi) is 3.98. The molecule has 1 amide bonds. The van der Waals surface area contributed by atoms with E-state index in [1.165, 1.54) is 24.3 Å². The fourth-order valence-corrected chi connectivity index (χ4v) is 1.84. The van der Waals surface area contributed by atoms with E-state index in [2.05, 4.69) is 5.32 Å². The standard InChI is InChI=1S/C15H13F2NO2/c1-9-6-12(19)4-5-13(9)15(20)18-8-10-2-3-11(16)7-14(10)17/h2-7,19H,8H2,1H3,(H,18,20). The van der Waals surface area contributed by atoms with Gasteiger partial charge in [0.2, 0.25) is 0 Å². The Labute approximate surface area is 114 Å². The number of halogens is 2. The van der Waals surface area contributed by atoms with Crippen molar-refractivity contribution in [3.63, 3.8) is 0 Å². The molecule has 0 saturated carbocycles. The van der Waals surface area contributed by atoms with Crippen LogP contribution in [0, 0.1) is 18.6 Å². The highest BCUT2D eigenvalue weighted by molar-refractivity contribution is 5.95. The van der Waals surface area contributed by atoms with E-state index in [-0.39, 0.29) is 23.8 Å². The molecular formula is C15H13F2NO2. The third kappa shape index (κ3) is 3.12. The molecule has 0 aliphatic carbocycles. The van der Waals surface area contributed by atoms with Gasteiger partial charge in [0.25, 0.3) is 5.91 Å². The minimum atomic E-state index is -0.701. The molecule has 0 aromatic heterocycles. The summed E-state index contributed by atoms with van der Waals surface area (Å²) in [4.78, 5) is 11.9. The van der Waals surface area contributed by atoms with Gasteiger partial charge >= 0.3 is 0 Å². The van der Waals surface area contributed by atoms with E-state index >= 15 is 0 Å². The first-order valence-corrected chi connectivity index (χ1v) is 5.99. The first kappa shape index (κ1) is 14.0. The van der Waals surface area contributed by atoms with E-state index in [9.17, 15) is 18.7 Å². The Morgan fingerprint density at radius 3 is 2.60 bits per heavy atom. The predicted octanol–water partition coefficient (Wildman–Crippen LogP) is 2.91. The molecule has 5 heteroatoms. The molecule has 0 heterocycles. The lowest BCUT2D eigenvalue weighted by molar-refractivity contribution is 0.0950. The Hall–Kier alpha value is -2.43. The third-order valence-corrected chi connectivity index (χ3v) is 2.91. The Bertz CT molecular complexity index is 656. The molecule has 2 aromatic rings. The molecule has 0 atom stereocenters. The Balaban J connectivity index is 2.08. The highest BCUT2D eigenvalue weighted by atomic mass is 19.1. The molecule has 20 heavy (non-hydrogen) atoms. The number of carbonyl (C=O) groups is 1. The summed E-state index contributed by atoms with van der Waals surface area (Å²) in [5.41, 5.74) is 1.21.